The van der Waals surface area contributed by atoms with E-state index in [1.807, 2.05) is 13.8 Å². The van der Waals surface area contributed by atoms with Crippen LogP contribution < -0.4 is 11.1 Å². The van der Waals surface area contributed by atoms with Crippen LogP contribution in [0.2, 0.25) is 0 Å². The highest BCUT2D eigenvalue weighted by molar-refractivity contribution is 7.93. The second-order valence-corrected chi connectivity index (χ2v) is 11.6. The van der Waals surface area contributed by atoms with Crippen molar-refractivity contribution in [2.75, 3.05) is 0 Å². The number of nitrogens with two attached hydrogens (primary N) is 1. The van der Waals surface area contributed by atoms with E-state index in [1.165, 1.54) is 6.42 Å². The van der Waals surface area contributed by atoms with Crippen molar-refractivity contribution in [3.63, 3.8) is 0 Å². The highest BCUT2D eigenvalue weighted by Crippen LogP contribution is 2.40. The van der Waals surface area contributed by atoms with Crippen molar-refractivity contribution >= 4 is 15.7 Å². The number of carbonyl (C=O) groups is 1. The Labute approximate surface area is 158 Å². The van der Waals surface area contributed by atoms with Crippen molar-refractivity contribution in [1.82, 2.24) is 5.32 Å². The van der Waals surface area contributed by atoms with E-state index in [4.69, 9.17) is 5.73 Å². The molecule has 2 bridgehead atoms. The molecule has 3 rings (SSSR count). The predicted molar refractivity (Wildman–Crippen MR) is 104 cm³/mol. The van der Waals surface area contributed by atoms with E-state index >= 15 is 0 Å². The van der Waals surface area contributed by atoms with E-state index in [1.54, 1.807) is 0 Å². The zero-order valence-electron chi connectivity index (χ0n) is 16.3. The number of sulfone groups is 1. The summed E-state index contributed by atoms with van der Waals surface area (Å²) in [6.07, 6.45) is 9.73. The molecule has 0 radical (unpaired) electrons. The molecule has 0 aromatic carbocycles. The van der Waals surface area contributed by atoms with Crippen LogP contribution in [0.3, 0.4) is 0 Å². The second kappa shape index (κ2) is 8.17. The lowest BCUT2D eigenvalue weighted by Gasteiger charge is -2.45. The van der Waals surface area contributed by atoms with Gasteiger partial charge >= 0.3 is 0 Å². The van der Waals surface area contributed by atoms with Crippen LogP contribution in [0, 0.1) is 17.8 Å². The second-order valence-electron chi connectivity index (χ2n) is 9.23. The minimum Gasteiger partial charge on any atom is -0.352 e. The first-order valence-electron chi connectivity index (χ1n) is 10.6. The summed E-state index contributed by atoms with van der Waals surface area (Å²) in [5.41, 5.74) is 6.18. The quantitative estimate of drug-likeness (QED) is 0.763. The molecule has 150 valence electrons. The van der Waals surface area contributed by atoms with Gasteiger partial charge in [-0.05, 0) is 56.3 Å². The van der Waals surface area contributed by atoms with E-state index in [2.05, 4.69) is 5.32 Å². The van der Waals surface area contributed by atoms with Crippen LogP contribution in [0.25, 0.3) is 0 Å². The molecule has 5 nitrogen and oxygen atoms in total. The molecule has 0 aromatic heterocycles. The lowest BCUT2D eigenvalue weighted by Crippen LogP contribution is -2.57. The van der Waals surface area contributed by atoms with Gasteiger partial charge in [0.1, 0.15) is 5.25 Å². The fourth-order valence-electron chi connectivity index (χ4n) is 5.70. The molecule has 0 aliphatic heterocycles. The van der Waals surface area contributed by atoms with E-state index in [0.29, 0.717) is 24.7 Å². The third kappa shape index (κ3) is 4.11. The first-order valence-corrected chi connectivity index (χ1v) is 12.2. The van der Waals surface area contributed by atoms with Crippen LogP contribution in [0.1, 0.15) is 78.1 Å². The first-order chi connectivity index (χ1) is 12.3. The summed E-state index contributed by atoms with van der Waals surface area (Å²) < 4.78 is 26.5. The molecule has 0 aromatic rings. The fourth-order valence-corrected chi connectivity index (χ4v) is 8.23. The van der Waals surface area contributed by atoms with E-state index < -0.39 is 15.1 Å². The molecule has 3 fully saturated rings. The molecule has 3 aliphatic rings. The number of rotatable bonds is 5. The number of carbonyl (C=O) groups excluding carboxylic acids is 1. The van der Waals surface area contributed by atoms with Gasteiger partial charge in [-0.3, -0.25) is 4.79 Å². The Kier molecular flexibility index (Phi) is 6.33. The topological polar surface area (TPSA) is 89.3 Å². The zero-order chi connectivity index (χ0) is 18.9. The lowest BCUT2D eigenvalue weighted by molar-refractivity contribution is -0.123. The number of nitrogens with one attached hydrogen (secondary N) is 1. The van der Waals surface area contributed by atoms with Crippen LogP contribution in [-0.2, 0) is 14.6 Å². The van der Waals surface area contributed by atoms with E-state index in [0.717, 1.165) is 44.9 Å². The summed E-state index contributed by atoms with van der Waals surface area (Å²) in [7, 11) is -3.44. The minimum atomic E-state index is -3.44. The minimum absolute atomic E-state index is 0.110. The SMILES string of the molecule is CC(C)C(C(=O)NC1C2CCCC1CC(N)C2)S(=O)(=O)C1CCCCC1. The van der Waals surface area contributed by atoms with Gasteiger partial charge in [-0.15, -0.1) is 0 Å². The van der Waals surface area contributed by atoms with Crippen molar-refractivity contribution in [2.45, 2.75) is 101 Å². The van der Waals surface area contributed by atoms with Gasteiger partial charge in [-0.2, -0.15) is 0 Å². The van der Waals surface area contributed by atoms with Gasteiger partial charge in [0.25, 0.3) is 0 Å². The van der Waals surface area contributed by atoms with E-state index in [9.17, 15) is 13.2 Å². The Hall–Kier alpha value is -0.620. The molecule has 3 unspecified atom stereocenters. The molecule has 0 spiro atoms. The van der Waals surface area contributed by atoms with Crippen LogP contribution in [0.4, 0.5) is 0 Å². The first kappa shape index (κ1) is 20.1. The van der Waals surface area contributed by atoms with Crippen molar-refractivity contribution in [2.24, 2.45) is 23.5 Å². The molecule has 6 heteroatoms. The molecule has 3 saturated carbocycles. The smallest absolute Gasteiger partial charge is 0.238 e. The van der Waals surface area contributed by atoms with Gasteiger partial charge in [0.15, 0.2) is 9.84 Å². The maximum atomic E-state index is 13.2. The van der Waals surface area contributed by atoms with Crippen LogP contribution in [0.15, 0.2) is 0 Å². The number of fused-ring (bicyclic) bond motifs is 2. The summed E-state index contributed by atoms with van der Waals surface area (Å²) in [6.45, 7) is 3.73. The van der Waals surface area contributed by atoms with Crippen molar-refractivity contribution in [1.29, 1.82) is 0 Å². The van der Waals surface area contributed by atoms with E-state index in [-0.39, 0.29) is 29.2 Å². The molecular weight excluding hydrogens is 348 g/mol. The number of hydrogen-bond donors (Lipinski definition) is 2. The highest BCUT2D eigenvalue weighted by atomic mass is 32.2. The standard InChI is InChI=1S/C20H36N2O3S/c1-13(2)19(26(24,25)17-9-4-3-5-10-17)20(23)22-18-14-7-6-8-15(18)12-16(21)11-14/h13-19H,3-12,21H2,1-2H3,(H,22,23). The van der Waals surface area contributed by atoms with Crippen LogP contribution in [0.5, 0.6) is 0 Å². The lowest BCUT2D eigenvalue weighted by atomic mass is 9.67. The summed E-state index contributed by atoms with van der Waals surface area (Å²) in [6, 6.07) is 0.337. The number of hydrogen-bond acceptors (Lipinski definition) is 4. The van der Waals surface area contributed by atoms with Crippen LogP contribution in [-0.4, -0.2) is 36.9 Å². The molecule has 3 N–H and O–H groups in total. The molecular formula is C20H36N2O3S. The fraction of sp³-hybridized carbons (Fsp3) is 0.950. The number of amides is 1. The maximum absolute atomic E-state index is 13.2. The summed E-state index contributed by atoms with van der Waals surface area (Å²) in [5.74, 6) is 0.355. The van der Waals surface area contributed by atoms with Gasteiger partial charge < -0.3 is 11.1 Å². The van der Waals surface area contributed by atoms with Crippen molar-refractivity contribution in [3.05, 3.63) is 0 Å². The zero-order valence-corrected chi connectivity index (χ0v) is 17.1. The molecule has 3 atom stereocenters. The molecule has 0 heterocycles. The van der Waals surface area contributed by atoms with Gasteiger partial charge in [0.05, 0.1) is 5.25 Å². The third-order valence-electron chi connectivity index (χ3n) is 6.92. The normalized spacial score (nSPS) is 34.5. The van der Waals surface area contributed by atoms with Crippen molar-refractivity contribution < 1.29 is 13.2 Å². The van der Waals surface area contributed by atoms with Crippen molar-refractivity contribution in [3.8, 4) is 0 Å². The van der Waals surface area contributed by atoms with Gasteiger partial charge in [-0.1, -0.05) is 39.5 Å². The molecule has 3 aliphatic carbocycles. The average Bonchev–Trinajstić information content (AvgIpc) is 2.56. The Morgan fingerprint density at radius 1 is 0.962 bits per heavy atom. The molecule has 0 saturated heterocycles. The Bertz CT molecular complexity index is 584. The van der Waals surface area contributed by atoms with Gasteiger partial charge in [-0.25, -0.2) is 8.42 Å². The largest absolute Gasteiger partial charge is 0.352 e. The summed E-state index contributed by atoms with van der Waals surface area (Å²) >= 11 is 0. The maximum Gasteiger partial charge on any atom is 0.238 e. The average molecular weight is 385 g/mol. The third-order valence-corrected chi connectivity index (χ3v) is 9.79. The van der Waals surface area contributed by atoms with Gasteiger partial charge in [0.2, 0.25) is 5.91 Å². The predicted octanol–water partition coefficient (Wildman–Crippen LogP) is 2.78. The van der Waals surface area contributed by atoms with Gasteiger partial charge in [0, 0.05) is 12.1 Å². The Morgan fingerprint density at radius 2 is 1.54 bits per heavy atom. The Balaban J connectivity index is 1.75. The summed E-state index contributed by atoms with van der Waals surface area (Å²) in [5, 5.41) is 1.94. The molecule has 26 heavy (non-hydrogen) atoms. The Morgan fingerprint density at radius 3 is 2.08 bits per heavy atom. The highest BCUT2D eigenvalue weighted by Gasteiger charge is 2.45. The molecule has 1 amide bonds. The monoisotopic (exact) mass is 384 g/mol. The van der Waals surface area contributed by atoms with Crippen LogP contribution >= 0.6 is 0 Å². The summed E-state index contributed by atoms with van der Waals surface area (Å²) in [4.78, 5) is 13.1.